The smallest absolute Gasteiger partial charge is 0.261 e. The lowest BCUT2D eigenvalue weighted by molar-refractivity contribution is -0.120. The van der Waals surface area contributed by atoms with Crippen LogP contribution in [0.2, 0.25) is 0 Å². The molecule has 2 amide bonds. The SMILES string of the molecule is CC1CCC2=C(C1)C(=O)N(c1cc(OC(C)C)c(C#N)cc1F)C2=O. The number of nitriles is 1. The van der Waals surface area contributed by atoms with Crippen molar-refractivity contribution in [3.8, 4) is 11.8 Å². The molecule has 5 nitrogen and oxygen atoms in total. The van der Waals surface area contributed by atoms with Gasteiger partial charge in [0.1, 0.15) is 17.6 Å². The summed E-state index contributed by atoms with van der Waals surface area (Å²) in [5, 5.41) is 9.16. The topological polar surface area (TPSA) is 70.4 Å². The summed E-state index contributed by atoms with van der Waals surface area (Å²) in [5.74, 6) is -1.24. The second-order valence-electron chi connectivity index (χ2n) is 6.83. The van der Waals surface area contributed by atoms with E-state index in [0.29, 0.717) is 29.9 Å². The Balaban J connectivity index is 2.04. The molecular formula is C19H19FN2O3. The van der Waals surface area contributed by atoms with Crippen LogP contribution >= 0.6 is 0 Å². The number of amides is 2. The third-order valence-corrected chi connectivity index (χ3v) is 4.50. The number of anilines is 1. The van der Waals surface area contributed by atoms with Gasteiger partial charge in [0, 0.05) is 17.2 Å². The zero-order chi connectivity index (χ0) is 18.3. The third kappa shape index (κ3) is 2.91. The highest BCUT2D eigenvalue weighted by atomic mass is 19.1. The quantitative estimate of drug-likeness (QED) is 0.789. The number of hydrogen-bond acceptors (Lipinski definition) is 4. The molecule has 6 heteroatoms. The van der Waals surface area contributed by atoms with Gasteiger partial charge >= 0.3 is 0 Å². The van der Waals surface area contributed by atoms with Crippen molar-refractivity contribution in [2.75, 3.05) is 4.90 Å². The maximum atomic E-state index is 14.5. The van der Waals surface area contributed by atoms with E-state index in [0.717, 1.165) is 17.4 Å². The Morgan fingerprint density at radius 2 is 1.96 bits per heavy atom. The Labute approximate surface area is 145 Å². The van der Waals surface area contributed by atoms with E-state index in [-0.39, 0.29) is 23.1 Å². The van der Waals surface area contributed by atoms with E-state index in [1.54, 1.807) is 13.8 Å². The number of benzene rings is 1. The molecule has 2 aliphatic rings. The summed E-state index contributed by atoms with van der Waals surface area (Å²) < 4.78 is 20.1. The molecule has 1 aliphatic heterocycles. The molecular weight excluding hydrogens is 323 g/mol. The fourth-order valence-electron chi connectivity index (χ4n) is 3.30. The van der Waals surface area contributed by atoms with Crippen molar-refractivity contribution in [1.29, 1.82) is 5.26 Å². The summed E-state index contributed by atoms with van der Waals surface area (Å²) in [6.45, 7) is 5.58. The number of hydrogen-bond donors (Lipinski definition) is 0. The first-order valence-electron chi connectivity index (χ1n) is 8.34. The molecule has 0 saturated heterocycles. The first-order chi connectivity index (χ1) is 11.8. The molecule has 0 fully saturated rings. The van der Waals surface area contributed by atoms with Crippen molar-refractivity contribution < 1.29 is 18.7 Å². The lowest BCUT2D eigenvalue weighted by atomic mass is 9.86. The number of imide groups is 1. The molecule has 0 aromatic heterocycles. The van der Waals surface area contributed by atoms with Gasteiger partial charge in [-0.15, -0.1) is 0 Å². The number of carbonyl (C=O) groups excluding carboxylic acids is 2. The van der Waals surface area contributed by atoms with Crippen molar-refractivity contribution in [2.45, 2.75) is 46.1 Å². The summed E-state index contributed by atoms with van der Waals surface area (Å²) >= 11 is 0. The van der Waals surface area contributed by atoms with Gasteiger partial charge in [0.05, 0.1) is 17.4 Å². The van der Waals surface area contributed by atoms with E-state index in [9.17, 15) is 14.0 Å². The minimum atomic E-state index is -0.790. The van der Waals surface area contributed by atoms with Gasteiger partial charge in [0.2, 0.25) is 0 Å². The second kappa shape index (κ2) is 6.32. The molecule has 1 unspecified atom stereocenters. The van der Waals surface area contributed by atoms with E-state index in [2.05, 4.69) is 0 Å². The van der Waals surface area contributed by atoms with Crippen LogP contribution in [-0.4, -0.2) is 17.9 Å². The predicted molar refractivity (Wildman–Crippen MR) is 89.4 cm³/mol. The summed E-state index contributed by atoms with van der Waals surface area (Å²) in [7, 11) is 0. The molecule has 1 atom stereocenters. The average molecular weight is 342 g/mol. The summed E-state index contributed by atoms with van der Waals surface area (Å²) in [4.78, 5) is 26.3. The van der Waals surface area contributed by atoms with Crippen LogP contribution in [0.3, 0.4) is 0 Å². The van der Waals surface area contributed by atoms with Crippen LogP contribution in [0.15, 0.2) is 23.3 Å². The Bertz CT molecular complexity index is 836. The normalized spacial score (nSPS) is 20.2. The van der Waals surface area contributed by atoms with Gasteiger partial charge in [0.25, 0.3) is 11.8 Å². The van der Waals surface area contributed by atoms with Crippen LogP contribution < -0.4 is 9.64 Å². The van der Waals surface area contributed by atoms with Crippen LogP contribution in [0, 0.1) is 23.1 Å². The Kier molecular flexibility index (Phi) is 4.34. The van der Waals surface area contributed by atoms with Crippen LogP contribution in [0.25, 0.3) is 0 Å². The number of halogens is 1. The van der Waals surface area contributed by atoms with E-state index >= 15 is 0 Å². The van der Waals surface area contributed by atoms with Gasteiger partial charge in [-0.05, 0) is 45.1 Å². The maximum Gasteiger partial charge on any atom is 0.261 e. The molecule has 1 heterocycles. The van der Waals surface area contributed by atoms with Crippen LogP contribution in [-0.2, 0) is 9.59 Å². The minimum absolute atomic E-state index is 0.0281. The number of carbonyl (C=O) groups is 2. The molecule has 1 aromatic rings. The first-order valence-corrected chi connectivity index (χ1v) is 8.34. The van der Waals surface area contributed by atoms with Crippen LogP contribution in [0.5, 0.6) is 5.75 Å². The Morgan fingerprint density at radius 1 is 1.28 bits per heavy atom. The highest BCUT2D eigenvalue weighted by Crippen LogP contribution is 2.40. The monoisotopic (exact) mass is 342 g/mol. The molecule has 25 heavy (non-hydrogen) atoms. The number of ether oxygens (including phenoxy) is 1. The molecule has 1 aromatic carbocycles. The molecule has 0 saturated carbocycles. The van der Waals surface area contributed by atoms with Crippen molar-refractivity contribution in [3.05, 3.63) is 34.7 Å². The van der Waals surface area contributed by atoms with Crippen molar-refractivity contribution >= 4 is 17.5 Å². The van der Waals surface area contributed by atoms with Gasteiger partial charge in [-0.3, -0.25) is 9.59 Å². The standard InChI is InChI=1S/C19H19FN2O3/c1-10(2)25-17-8-16(15(20)7-12(17)9-21)22-18(23)13-5-4-11(3)6-14(13)19(22)24/h7-8,10-11H,4-6H2,1-3H3. The molecule has 3 rings (SSSR count). The van der Waals surface area contributed by atoms with Gasteiger partial charge in [0.15, 0.2) is 0 Å². The van der Waals surface area contributed by atoms with Crippen molar-refractivity contribution in [1.82, 2.24) is 0 Å². The summed E-state index contributed by atoms with van der Waals surface area (Å²) in [6, 6.07) is 4.15. The zero-order valence-electron chi connectivity index (χ0n) is 14.4. The zero-order valence-corrected chi connectivity index (χ0v) is 14.4. The Hall–Kier alpha value is -2.68. The fourth-order valence-corrected chi connectivity index (χ4v) is 3.30. The molecule has 0 bridgehead atoms. The van der Waals surface area contributed by atoms with Crippen LogP contribution in [0.4, 0.5) is 10.1 Å². The lowest BCUT2D eigenvalue weighted by Crippen LogP contribution is -2.32. The number of rotatable bonds is 3. The summed E-state index contributed by atoms with van der Waals surface area (Å²) in [6.07, 6.45) is 1.67. The fraction of sp³-hybridized carbons (Fsp3) is 0.421. The highest BCUT2D eigenvalue weighted by Gasteiger charge is 2.42. The second-order valence-corrected chi connectivity index (χ2v) is 6.83. The molecule has 0 N–H and O–H groups in total. The lowest BCUT2D eigenvalue weighted by Gasteiger charge is -2.19. The van der Waals surface area contributed by atoms with E-state index in [4.69, 9.17) is 10.00 Å². The van der Waals surface area contributed by atoms with E-state index in [1.165, 1.54) is 6.07 Å². The largest absolute Gasteiger partial charge is 0.490 e. The summed E-state index contributed by atoms with van der Waals surface area (Å²) in [5.41, 5.74) is 0.837. The third-order valence-electron chi connectivity index (χ3n) is 4.50. The molecule has 0 radical (unpaired) electrons. The van der Waals surface area contributed by atoms with Gasteiger partial charge in [-0.1, -0.05) is 6.92 Å². The van der Waals surface area contributed by atoms with E-state index < -0.39 is 17.6 Å². The number of nitrogens with zero attached hydrogens (tertiary/aromatic N) is 2. The van der Waals surface area contributed by atoms with Crippen molar-refractivity contribution in [3.63, 3.8) is 0 Å². The minimum Gasteiger partial charge on any atom is -0.490 e. The van der Waals surface area contributed by atoms with Gasteiger partial charge < -0.3 is 4.74 Å². The van der Waals surface area contributed by atoms with E-state index in [1.807, 2.05) is 13.0 Å². The molecule has 1 aliphatic carbocycles. The van der Waals surface area contributed by atoms with Gasteiger partial charge in [-0.2, -0.15) is 5.26 Å². The molecule has 0 spiro atoms. The predicted octanol–water partition coefficient (Wildman–Crippen LogP) is 3.47. The Morgan fingerprint density at radius 3 is 2.60 bits per heavy atom. The first kappa shape index (κ1) is 17.2. The van der Waals surface area contributed by atoms with Crippen LogP contribution in [0.1, 0.15) is 45.6 Å². The highest BCUT2D eigenvalue weighted by molar-refractivity contribution is 6.33. The maximum absolute atomic E-state index is 14.5. The van der Waals surface area contributed by atoms with Crippen molar-refractivity contribution in [2.24, 2.45) is 5.92 Å². The molecule has 130 valence electrons. The average Bonchev–Trinajstić information content (AvgIpc) is 2.79. The van der Waals surface area contributed by atoms with Gasteiger partial charge in [-0.25, -0.2) is 9.29 Å².